The Morgan fingerprint density at radius 1 is 0.963 bits per heavy atom. The minimum atomic E-state index is -0.204. The number of ether oxygens (including phenoxy) is 1. The van der Waals surface area contributed by atoms with Gasteiger partial charge in [-0.05, 0) is 42.5 Å². The van der Waals surface area contributed by atoms with Crippen molar-refractivity contribution in [1.82, 2.24) is 0 Å². The number of nitrogens with one attached hydrogen (secondary N) is 2. The van der Waals surface area contributed by atoms with Gasteiger partial charge >= 0.3 is 0 Å². The Morgan fingerprint density at radius 3 is 2.26 bits per heavy atom. The van der Waals surface area contributed by atoms with Crippen LogP contribution in [0.1, 0.15) is 20.3 Å². The molecule has 0 aromatic heterocycles. The van der Waals surface area contributed by atoms with Gasteiger partial charge in [0.2, 0.25) is 17.7 Å². The summed E-state index contributed by atoms with van der Waals surface area (Å²) in [5, 5.41) is 5.47. The second-order valence-electron chi connectivity index (χ2n) is 5.93. The van der Waals surface area contributed by atoms with Crippen molar-refractivity contribution in [3.8, 4) is 5.75 Å². The smallest absolute Gasteiger partial charge is 0.226 e. The van der Waals surface area contributed by atoms with E-state index in [0.29, 0.717) is 22.8 Å². The third-order valence-electron chi connectivity index (χ3n) is 3.79. The lowest BCUT2D eigenvalue weighted by atomic mass is 10.2. The number of carbonyl (C=O) groups is 3. The van der Waals surface area contributed by atoms with Gasteiger partial charge in [-0.3, -0.25) is 14.4 Å². The number of rotatable bonds is 7. The summed E-state index contributed by atoms with van der Waals surface area (Å²) >= 11 is 0. The average molecular weight is 369 g/mol. The molecular formula is C20H23N3O4. The fraction of sp³-hybridized carbons (Fsp3) is 0.250. The molecule has 7 heteroatoms. The number of anilines is 3. The zero-order valence-electron chi connectivity index (χ0n) is 15.6. The maximum Gasteiger partial charge on any atom is 0.226 e. The lowest BCUT2D eigenvalue weighted by Crippen LogP contribution is -2.32. The van der Waals surface area contributed by atoms with Crippen LogP contribution in [0.2, 0.25) is 0 Å². The fourth-order valence-corrected chi connectivity index (χ4v) is 2.53. The van der Waals surface area contributed by atoms with Crippen molar-refractivity contribution in [3.63, 3.8) is 0 Å². The van der Waals surface area contributed by atoms with Gasteiger partial charge in [0.15, 0.2) is 0 Å². The number of carbonyl (C=O) groups excluding carboxylic acids is 3. The fourth-order valence-electron chi connectivity index (χ4n) is 2.53. The first-order valence-electron chi connectivity index (χ1n) is 8.48. The highest BCUT2D eigenvalue weighted by Crippen LogP contribution is 2.20. The van der Waals surface area contributed by atoms with Crippen LogP contribution in [0, 0.1) is 0 Å². The minimum Gasteiger partial charge on any atom is -0.497 e. The Hall–Kier alpha value is -3.35. The van der Waals surface area contributed by atoms with Gasteiger partial charge < -0.3 is 20.3 Å². The molecule has 0 saturated carbocycles. The molecule has 0 fully saturated rings. The molecule has 0 aliphatic heterocycles. The van der Waals surface area contributed by atoms with Gasteiger partial charge in [0.05, 0.1) is 7.11 Å². The van der Waals surface area contributed by atoms with Gasteiger partial charge in [0.1, 0.15) is 5.75 Å². The molecule has 0 unspecified atom stereocenters. The zero-order valence-corrected chi connectivity index (χ0v) is 15.6. The van der Waals surface area contributed by atoms with Crippen LogP contribution in [-0.4, -0.2) is 31.4 Å². The van der Waals surface area contributed by atoms with E-state index in [-0.39, 0.29) is 30.7 Å². The van der Waals surface area contributed by atoms with Crippen LogP contribution in [0.25, 0.3) is 0 Å². The molecule has 27 heavy (non-hydrogen) atoms. The third kappa shape index (κ3) is 6.14. The van der Waals surface area contributed by atoms with Crippen molar-refractivity contribution in [2.75, 3.05) is 29.2 Å². The highest BCUT2D eigenvalue weighted by atomic mass is 16.5. The zero-order chi connectivity index (χ0) is 19.8. The van der Waals surface area contributed by atoms with Crippen LogP contribution in [0.15, 0.2) is 48.5 Å². The molecule has 7 nitrogen and oxygen atoms in total. The SMILES string of the molecule is COc1ccc(NC(=O)CCN(C(C)=O)c2cccc(NC(C)=O)c2)cc1. The van der Waals surface area contributed by atoms with E-state index in [2.05, 4.69) is 10.6 Å². The van der Waals surface area contributed by atoms with Crippen molar-refractivity contribution >= 4 is 34.8 Å². The molecule has 0 spiro atoms. The van der Waals surface area contributed by atoms with Crippen molar-refractivity contribution in [2.24, 2.45) is 0 Å². The summed E-state index contributed by atoms with van der Waals surface area (Å²) in [5.41, 5.74) is 1.86. The van der Waals surface area contributed by atoms with E-state index in [9.17, 15) is 14.4 Å². The summed E-state index contributed by atoms with van der Waals surface area (Å²) in [6, 6.07) is 13.9. The van der Waals surface area contributed by atoms with E-state index < -0.39 is 0 Å². The predicted octanol–water partition coefficient (Wildman–Crippen LogP) is 3.04. The monoisotopic (exact) mass is 369 g/mol. The lowest BCUT2D eigenvalue weighted by Gasteiger charge is -2.21. The molecule has 2 aromatic carbocycles. The first kappa shape index (κ1) is 20.0. The van der Waals surface area contributed by atoms with Gasteiger partial charge in [-0.15, -0.1) is 0 Å². The van der Waals surface area contributed by atoms with Gasteiger partial charge in [0, 0.05) is 43.9 Å². The minimum absolute atomic E-state index is 0.135. The molecule has 0 aliphatic carbocycles. The summed E-state index contributed by atoms with van der Waals surface area (Å²) < 4.78 is 5.08. The Morgan fingerprint density at radius 2 is 1.67 bits per heavy atom. The normalized spacial score (nSPS) is 10.0. The van der Waals surface area contributed by atoms with Crippen LogP contribution < -0.4 is 20.3 Å². The summed E-state index contributed by atoms with van der Waals surface area (Å²) in [4.78, 5) is 36.9. The van der Waals surface area contributed by atoms with Crippen LogP contribution in [0.5, 0.6) is 5.75 Å². The van der Waals surface area contributed by atoms with Gasteiger partial charge in [0.25, 0.3) is 0 Å². The molecule has 0 heterocycles. The van der Waals surface area contributed by atoms with Crippen molar-refractivity contribution < 1.29 is 19.1 Å². The number of benzene rings is 2. The molecule has 0 radical (unpaired) electrons. The average Bonchev–Trinajstić information content (AvgIpc) is 2.62. The van der Waals surface area contributed by atoms with Crippen LogP contribution in [0.4, 0.5) is 17.1 Å². The summed E-state index contributed by atoms with van der Waals surface area (Å²) in [5.74, 6) is 0.117. The Labute approximate surface area is 158 Å². The van der Waals surface area contributed by atoms with Crippen LogP contribution in [-0.2, 0) is 14.4 Å². The first-order valence-corrected chi connectivity index (χ1v) is 8.48. The number of nitrogens with zero attached hydrogens (tertiary/aromatic N) is 1. The van der Waals surface area contributed by atoms with Crippen molar-refractivity contribution in [2.45, 2.75) is 20.3 Å². The molecule has 0 atom stereocenters. The Bertz CT molecular complexity index is 818. The molecule has 2 N–H and O–H groups in total. The summed E-state index contributed by atoms with van der Waals surface area (Å²) in [6.07, 6.45) is 0.135. The first-order chi connectivity index (χ1) is 12.9. The van der Waals surface area contributed by atoms with Crippen molar-refractivity contribution in [1.29, 1.82) is 0 Å². The predicted molar refractivity (Wildman–Crippen MR) is 105 cm³/mol. The Kier molecular flexibility index (Phi) is 6.93. The standard InChI is InChI=1S/C20H23N3O4/c1-14(24)21-17-5-4-6-18(13-17)23(15(2)25)12-11-20(26)22-16-7-9-19(27-3)10-8-16/h4-10,13H,11-12H2,1-3H3,(H,21,24)(H,22,26). The van der Waals surface area contributed by atoms with E-state index in [1.807, 2.05) is 0 Å². The maximum atomic E-state index is 12.2. The van der Waals surface area contributed by atoms with E-state index >= 15 is 0 Å². The quantitative estimate of drug-likeness (QED) is 0.785. The number of methoxy groups -OCH3 is 1. The second-order valence-corrected chi connectivity index (χ2v) is 5.93. The third-order valence-corrected chi connectivity index (χ3v) is 3.79. The summed E-state index contributed by atoms with van der Waals surface area (Å²) in [6.45, 7) is 3.08. The number of hydrogen-bond acceptors (Lipinski definition) is 4. The van der Waals surface area contributed by atoms with Crippen LogP contribution >= 0.6 is 0 Å². The van der Waals surface area contributed by atoms with Gasteiger partial charge in [-0.2, -0.15) is 0 Å². The molecule has 0 saturated heterocycles. The van der Waals surface area contributed by atoms with Crippen molar-refractivity contribution in [3.05, 3.63) is 48.5 Å². The second kappa shape index (κ2) is 9.38. The highest BCUT2D eigenvalue weighted by Gasteiger charge is 2.14. The largest absolute Gasteiger partial charge is 0.497 e. The van der Waals surface area contributed by atoms with E-state index in [4.69, 9.17) is 4.74 Å². The maximum absolute atomic E-state index is 12.2. The van der Waals surface area contributed by atoms with Crippen LogP contribution in [0.3, 0.4) is 0 Å². The van der Waals surface area contributed by atoms with Gasteiger partial charge in [-0.1, -0.05) is 6.07 Å². The Balaban J connectivity index is 2.00. The molecule has 142 valence electrons. The van der Waals surface area contributed by atoms with E-state index in [1.54, 1.807) is 55.6 Å². The molecule has 2 aromatic rings. The molecule has 0 aliphatic rings. The van der Waals surface area contributed by atoms with Gasteiger partial charge in [-0.25, -0.2) is 0 Å². The topological polar surface area (TPSA) is 87.7 Å². The van der Waals surface area contributed by atoms with E-state index in [0.717, 1.165) is 0 Å². The molecular weight excluding hydrogens is 346 g/mol. The molecule has 0 bridgehead atoms. The van der Waals surface area contributed by atoms with E-state index in [1.165, 1.54) is 18.7 Å². The lowest BCUT2D eigenvalue weighted by molar-refractivity contribution is -0.117. The summed E-state index contributed by atoms with van der Waals surface area (Å²) in [7, 11) is 1.57. The number of amides is 3. The molecule has 3 amide bonds. The highest BCUT2D eigenvalue weighted by molar-refractivity contribution is 5.96. The molecule has 2 rings (SSSR count). The number of hydrogen-bond donors (Lipinski definition) is 2.